The van der Waals surface area contributed by atoms with Gasteiger partial charge in [0.05, 0.1) is 5.41 Å². The molecule has 1 aliphatic carbocycles. The third kappa shape index (κ3) is 1.89. The second kappa shape index (κ2) is 4.96. The van der Waals surface area contributed by atoms with E-state index in [0.29, 0.717) is 37.7 Å². The van der Waals surface area contributed by atoms with Crippen LogP contribution >= 0.6 is 0 Å². The van der Waals surface area contributed by atoms with Crippen LogP contribution in [0.3, 0.4) is 0 Å². The van der Waals surface area contributed by atoms with E-state index in [0.717, 1.165) is 12.8 Å². The normalized spacial score (nSPS) is 27.2. The quantitative estimate of drug-likeness (QED) is 0.672. The number of aliphatic carboxylic acids is 1. The Bertz CT molecular complexity index is 641. The van der Waals surface area contributed by atoms with Crippen molar-refractivity contribution in [2.45, 2.75) is 39.7 Å². The number of imidazole rings is 1. The highest BCUT2D eigenvalue weighted by atomic mass is 16.6. The number of nitro groups is 1. The molecule has 3 rings (SSSR count). The summed E-state index contributed by atoms with van der Waals surface area (Å²) in [4.78, 5) is 28.5. The van der Waals surface area contributed by atoms with Crippen LogP contribution < -0.4 is 4.90 Å². The molecule has 0 bridgehead atoms. The van der Waals surface area contributed by atoms with Gasteiger partial charge < -0.3 is 20.1 Å². The number of aromatic nitrogens is 2. The highest BCUT2D eigenvalue weighted by molar-refractivity contribution is 5.78. The third-order valence-corrected chi connectivity index (χ3v) is 5.20. The molecule has 0 radical (unpaired) electrons. The summed E-state index contributed by atoms with van der Waals surface area (Å²) in [5, 5.41) is 21.0. The number of hydrogen-bond donors (Lipinski definition) is 1. The maximum Gasteiger partial charge on any atom is 0.406 e. The van der Waals surface area contributed by atoms with Crippen LogP contribution in [0, 0.1) is 28.4 Å². The van der Waals surface area contributed by atoms with Crippen molar-refractivity contribution in [2.24, 2.45) is 11.3 Å². The molecule has 0 amide bonds. The van der Waals surface area contributed by atoms with E-state index in [2.05, 4.69) is 4.98 Å². The number of nitrogens with zero attached hydrogens (tertiary/aromatic N) is 4. The summed E-state index contributed by atoms with van der Waals surface area (Å²) in [5.41, 5.74) is -0.759. The molecule has 2 aliphatic rings. The molecule has 1 saturated heterocycles. The van der Waals surface area contributed by atoms with Gasteiger partial charge in [-0.05, 0) is 35.6 Å². The summed E-state index contributed by atoms with van der Waals surface area (Å²) in [7, 11) is 0. The molecule has 1 aliphatic heterocycles. The van der Waals surface area contributed by atoms with E-state index in [1.165, 1.54) is 0 Å². The average molecular weight is 308 g/mol. The predicted octanol–water partition coefficient (Wildman–Crippen LogP) is 1.81. The Morgan fingerprint density at radius 3 is 2.86 bits per heavy atom. The molecule has 2 heterocycles. The third-order valence-electron chi connectivity index (χ3n) is 5.20. The lowest BCUT2D eigenvalue weighted by molar-refractivity contribution is -0.388. The van der Waals surface area contributed by atoms with Crippen molar-refractivity contribution in [1.29, 1.82) is 0 Å². The van der Waals surface area contributed by atoms with Gasteiger partial charge in [0.1, 0.15) is 0 Å². The first kappa shape index (κ1) is 14.8. The fourth-order valence-corrected chi connectivity index (χ4v) is 4.15. The highest BCUT2D eigenvalue weighted by Gasteiger charge is 2.56. The molecular formula is C14H20N4O4. The zero-order valence-corrected chi connectivity index (χ0v) is 12.8. The molecule has 1 saturated carbocycles. The van der Waals surface area contributed by atoms with Crippen molar-refractivity contribution in [1.82, 2.24) is 9.55 Å². The van der Waals surface area contributed by atoms with E-state index in [1.54, 1.807) is 11.5 Å². The van der Waals surface area contributed by atoms with Crippen LogP contribution in [0.25, 0.3) is 0 Å². The van der Waals surface area contributed by atoms with Gasteiger partial charge in [0.15, 0.2) is 0 Å². The van der Waals surface area contributed by atoms with Gasteiger partial charge in [-0.1, -0.05) is 6.42 Å². The van der Waals surface area contributed by atoms with Gasteiger partial charge in [-0.25, -0.2) is 0 Å². The Kier molecular flexibility index (Phi) is 3.34. The lowest BCUT2D eigenvalue weighted by Crippen LogP contribution is -2.36. The maximum atomic E-state index is 11.8. The number of carboxylic acid groups (broad SMARTS) is 1. The van der Waals surface area contributed by atoms with Crippen LogP contribution in [-0.2, 0) is 11.3 Å². The van der Waals surface area contributed by atoms with E-state index in [9.17, 15) is 20.0 Å². The van der Waals surface area contributed by atoms with E-state index >= 15 is 0 Å². The molecule has 1 aromatic rings. The predicted molar refractivity (Wildman–Crippen MR) is 78.9 cm³/mol. The summed E-state index contributed by atoms with van der Waals surface area (Å²) >= 11 is 0. The lowest BCUT2D eigenvalue weighted by Gasteiger charge is -2.24. The molecule has 0 spiro atoms. The van der Waals surface area contributed by atoms with Crippen LogP contribution in [0.1, 0.15) is 32.0 Å². The van der Waals surface area contributed by atoms with E-state index < -0.39 is 16.3 Å². The van der Waals surface area contributed by atoms with Gasteiger partial charge in [0.2, 0.25) is 11.6 Å². The molecule has 2 atom stereocenters. The Morgan fingerprint density at radius 1 is 1.59 bits per heavy atom. The monoisotopic (exact) mass is 308 g/mol. The summed E-state index contributed by atoms with van der Waals surface area (Å²) in [6.07, 6.45) is 2.44. The zero-order chi connectivity index (χ0) is 16.1. The van der Waals surface area contributed by atoms with Gasteiger partial charge in [-0.3, -0.25) is 9.36 Å². The molecule has 120 valence electrons. The number of carbonyl (C=O) groups is 1. The van der Waals surface area contributed by atoms with Crippen molar-refractivity contribution >= 4 is 17.6 Å². The zero-order valence-electron chi connectivity index (χ0n) is 12.8. The van der Waals surface area contributed by atoms with Crippen molar-refractivity contribution in [3.63, 3.8) is 0 Å². The van der Waals surface area contributed by atoms with E-state index in [1.807, 2.05) is 11.8 Å². The standard InChI is InChI=1S/C14H20N4O4/c1-3-17-9(2)15-11(18(21)22)12(17)16-7-10-5-4-6-14(10,8-16)13(19)20/h10H,3-8H2,1-2H3,(H,19,20)/t10-,14+/m0/s1. The smallest absolute Gasteiger partial charge is 0.406 e. The van der Waals surface area contributed by atoms with Crippen LogP contribution in [0.5, 0.6) is 0 Å². The number of carboxylic acids is 1. The number of rotatable bonds is 4. The molecular weight excluding hydrogens is 288 g/mol. The van der Waals surface area contributed by atoms with Crippen molar-refractivity contribution in [3.8, 4) is 0 Å². The van der Waals surface area contributed by atoms with Gasteiger partial charge in [0.25, 0.3) is 0 Å². The van der Waals surface area contributed by atoms with Crippen LogP contribution in [-0.4, -0.2) is 38.6 Å². The number of hydrogen-bond acceptors (Lipinski definition) is 5. The highest BCUT2D eigenvalue weighted by Crippen LogP contribution is 2.50. The van der Waals surface area contributed by atoms with Gasteiger partial charge in [0, 0.05) is 26.6 Å². The SMILES string of the molecule is CCn1c(C)nc([N+](=O)[O-])c1N1C[C@@H]2CCC[C@@]2(C(=O)O)C1. The second-order valence-corrected chi connectivity index (χ2v) is 6.24. The summed E-state index contributed by atoms with van der Waals surface area (Å²) in [5.74, 6) is 0.162. The Morgan fingerprint density at radius 2 is 2.32 bits per heavy atom. The number of fused-ring (bicyclic) bond motifs is 1. The van der Waals surface area contributed by atoms with Crippen molar-refractivity contribution in [2.75, 3.05) is 18.0 Å². The second-order valence-electron chi connectivity index (χ2n) is 6.24. The first-order chi connectivity index (χ1) is 10.4. The minimum atomic E-state index is -0.778. The molecule has 2 fully saturated rings. The van der Waals surface area contributed by atoms with Crippen LogP contribution in [0.2, 0.25) is 0 Å². The van der Waals surface area contributed by atoms with Crippen molar-refractivity contribution < 1.29 is 14.8 Å². The summed E-state index contributed by atoms with van der Waals surface area (Å²) in [6, 6.07) is 0. The van der Waals surface area contributed by atoms with Gasteiger partial charge in [-0.2, -0.15) is 0 Å². The van der Waals surface area contributed by atoms with E-state index in [-0.39, 0.29) is 11.7 Å². The molecule has 8 nitrogen and oxygen atoms in total. The molecule has 1 N–H and O–H groups in total. The summed E-state index contributed by atoms with van der Waals surface area (Å²) in [6.45, 7) is 5.11. The van der Waals surface area contributed by atoms with Gasteiger partial charge >= 0.3 is 11.8 Å². The first-order valence-electron chi connectivity index (χ1n) is 7.60. The maximum absolute atomic E-state index is 11.8. The minimum absolute atomic E-state index is 0.0603. The number of aryl methyl sites for hydroxylation is 1. The molecule has 8 heteroatoms. The Hall–Kier alpha value is -2.12. The topological polar surface area (TPSA) is 101 Å². The van der Waals surface area contributed by atoms with Gasteiger partial charge in [-0.15, -0.1) is 0 Å². The van der Waals surface area contributed by atoms with E-state index in [4.69, 9.17) is 0 Å². The molecule has 22 heavy (non-hydrogen) atoms. The Balaban J connectivity index is 2.03. The van der Waals surface area contributed by atoms with Crippen LogP contribution in [0.4, 0.5) is 11.6 Å². The van der Waals surface area contributed by atoms with Crippen molar-refractivity contribution in [3.05, 3.63) is 15.9 Å². The number of anilines is 1. The fraction of sp³-hybridized carbons (Fsp3) is 0.714. The first-order valence-corrected chi connectivity index (χ1v) is 7.60. The fourth-order valence-electron chi connectivity index (χ4n) is 4.15. The minimum Gasteiger partial charge on any atom is -0.481 e. The molecule has 0 unspecified atom stereocenters. The molecule has 1 aromatic heterocycles. The molecule has 0 aromatic carbocycles. The van der Waals surface area contributed by atoms with Crippen LogP contribution in [0.15, 0.2) is 0 Å². The Labute approximate surface area is 127 Å². The average Bonchev–Trinajstić information content (AvgIpc) is 3.07. The largest absolute Gasteiger partial charge is 0.481 e. The summed E-state index contributed by atoms with van der Waals surface area (Å²) < 4.78 is 1.80. The lowest BCUT2D eigenvalue weighted by atomic mass is 9.81.